The molecule has 4 aromatic rings. The lowest BCUT2D eigenvalue weighted by Gasteiger charge is -2.35. The van der Waals surface area contributed by atoms with Crippen LogP contribution < -0.4 is 10.5 Å². The third kappa shape index (κ3) is 3.32. The van der Waals surface area contributed by atoms with Gasteiger partial charge in [-0.1, -0.05) is 0 Å². The summed E-state index contributed by atoms with van der Waals surface area (Å²) in [5, 5.41) is 2.14. The number of nitrogens with one attached hydrogen (secondary N) is 1. The number of H-pyrrole nitrogens is 1. The van der Waals surface area contributed by atoms with E-state index in [0.29, 0.717) is 6.54 Å². The molecule has 0 atom stereocenters. The second kappa shape index (κ2) is 7.85. The molecule has 1 N–H and O–H groups in total. The lowest BCUT2D eigenvalue weighted by Crippen LogP contribution is -2.46. The van der Waals surface area contributed by atoms with Gasteiger partial charge in [0.25, 0.3) is 5.56 Å². The molecule has 0 amide bonds. The molecular weight excluding hydrogens is 452 g/mol. The number of piperazine rings is 1. The highest BCUT2D eigenvalue weighted by Crippen LogP contribution is 2.40. The minimum absolute atomic E-state index is 0.0442. The number of hydrogen-bond donors (Lipinski definition) is 1. The maximum atomic E-state index is 12.9. The van der Waals surface area contributed by atoms with E-state index in [4.69, 9.17) is 9.97 Å². The fourth-order valence-corrected chi connectivity index (χ4v) is 8.27. The Morgan fingerprint density at radius 3 is 2.45 bits per heavy atom. The molecule has 4 aromatic heterocycles. The smallest absolute Gasteiger partial charge is 0.259 e. The van der Waals surface area contributed by atoms with E-state index in [-0.39, 0.29) is 5.56 Å². The zero-order valence-corrected chi connectivity index (χ0v) is 20.2. The third-order valence-corrected chi connectivity index (χ3v) is 9.79. The van der Waals surface area contributed by atoms with Crippen LogP contribution in [-0.4, -0.2) is 51.0 Å². The van der Waals surface area contributed by atoms with Gasteiger partial charge in [-0.05, 0) is 56.1 Å². The molecule has 1 saturated heterocycles. The third-order valence-electron chi connectivity index (χ3n) is 7.40. The normalized spacial score (nSPS) is 18.8. The Kier molecular flexibility index (Phi) is 4.77. The zero-order chi connectivity index (χ0) is 21.9. The Balaban J connectivity index is 1.10. The molecular formula is C24H26N6OS2. The summed E-state index contributed by atoms with van der Waals surface area (Å²) in [5.74, 6) is 1.90. The van der Waals surface area contributed by atoms with Gasteiger partial charge in [-0.3, -0.25) is 9.69 Å². The van der Waals surface area contributed by atoms with Gasteiger partial charge in [0.1, 0.15) is 27.6 Å². The molecule has 1 aliphatic heterocycles. The van der Waals surface area contributed by atoms with Crippen LogP contribution in [0, 0.1) is 0 Å². The molecule has 9 heteroatoms. The van der Waals surface area contributed by atoms with Crippen molar-refractivity contribution in [3.05, 3.63) is 43.4 Å². The van der Waals surface area contributed by atoms with Gasteiger partial charge in [-0.25, -0.2) is 15.0 Å². The first-order valence-corrected chi connectivity index (χ1v) is 13.6. The number of aromatic nitrogens is 4. The van der Waals surface area contributed by atoms with E-state index in [2.05, 4.69) is 19.8 Å². The van der Waals surface area contributed by atoms with Crippen LogP contribution in [0.25, 0.3) is 20.4 Å². The fourth-order valence-electron chi connectivity index (χ4n) is 5.76. The first kappa shape index (κ1) is 20.1. The molecule has 3 aliphatic rings. The average molecular weight is 479 g/mol. The number of rotatable bonds is 3. The fraction of sp³-hybridized carbons (Fsp3) is 0.500. The van der Waals surface area contributed by atoms with E-state index in [1.54, 1.807) is 17.7 Å². The van der Waals surface area contributed by atoms with Crippen molar-refractivity contribution in [2.45, 2.75) is 51.5 Å². The predicted octanol–water partition coefficient (Wildman–Crippen LogP) is 3.68. The molecule has 0 radical (unpaired) electrons. The second-order valence-electron chi connectivity index (χ2n) is 9.40. The van der Waals surface area contributed by atoms with Crippen LogP contribution in [0.3, 0.4) is 0 Å². The SMILES string of the molecule is O=c1[nH]c(CN2CCN(c3ncnc4sc5c(c34)CCC5)CC2)nc2sc3c(c12)CCCC3. The Morgan fingerprint density at radius 2 is 1.58 bits per heavy atom. The number of aryl methyl sites for hydroxylation is 4. The molecule has 33 heavy (non-hydrogen) atoms. The Morgan fingerprint density at radius 1 is 0.848 bits per heavy atom. The maximum Gasteiger partial charge on any atom is 0.259 e. The number of nitrogens with zero attached hydrogens (tertiary/aromatic N) is 5. The molecule has 2 aliphatic carbocycles. The van der Waals surface area contributed by atoms with Crippen molar-refractivity contribution in [3.63, 3.8) is 0 Å². The van der Waals surface area contributed by atoms with Crippen molar-refractivity contribution in [1.82, 2.24) is 24.8 Å². The number of anilines is 1. The van der Waals surface area contributed by atoms with Crippen LogP contribution >= 0.6 is 22.7 Å². The summed E-state index contributed by atoms with van der Waals surface area (Å²) in [6.07, 6.45) is 9.83. The van der Waals surface area contributed by atoms with E-state index in [0.717, 1.165) is 72.1 Å². The minimum atomic E-state index is 0.0442. The largest absolute Gasteiger partial charge is 0.353 e. The van der Waals surface area contributed by atoms with Crippen molar-refractivity contribution < 1.29 is 0 Å². The zero-order valence-electron chi connectivity index (χ0n) is 18.5. The summed E-state index contributed by atoms with van der Waals surface area (Å²) in [4.78, 5) is 39.9. The molecule has 7 nitrogen and oxygen atoms in total. The van der Waals surface area contributed by atoms with Crippen molar-refractivity contribution in [2.24, 2.45) is 0 Å². The van der Waals surface area contributed by atoms with Gasteiger partial charge >= 0.3 is 0 Å². The van der Waals surface area contributed by atoms with Crippen LogP contribution in [0.2, 0.25) is 0 Å². The van der Waals surface area contributed by atoms with Crippen molar-refractivity contribution >= 4 is 48.9 Å². The first-order chi connectivity index (χ1) is 16.2. The Bertz CT molecular complexity index is 1430. The van der Waals surface area contributed by atoms with E-state index in [1.165, 1.54) is 52.0 Å². The molecule has 0 aromatic carbocycles. The second-order valence-corrected chi connectivity index (χ2v) is 11.6. The summed E-state index contributed by atoms with van der Waals surface area (Å²) in [5.41, 5.74) is 2.79. The quantitative estimate of drug-likeness (QED) is 0.484. The van der Waals surface area contributed by atoms with E-state index in [1.807, 2.05) is 11.3 Å². The van der Waals surface area contributed by atoms with Crippen LogP contribution in [0.5, 0.6) is 0 Å². The molecule has 0 bridgehead atoms. The summed E-state index contributed by atoms with van der Waals surface area (Å²) < 4.78 is 0. The average Bonchev–Trinajstić information content (AvgIpc) is 3.52. The molecule has 1 fully saturated rings. The molecule has 0 unspecified atom stereocenters. The summed E-state index contributed by atoms with van der Waals surface area (Å²) >= 11 is 3.58. The van der Waals surface area contributed by atoms with Crippen LogP contribution in [0.15, 0.2) is 11.1 Å². The maximum absolute atomic E-state index is 12.9. The molecule has 7 rings (SSSR count). The highest BCUT2D eigenvalue weighted by Gasteiger charge is 2.26. The van der Waals surface area contributed by atoms with Gasteiger partial charge in [0.05, 0.1) is 17.3 Å². The number of aromatic amines is 1. The number of hydrogen-bond acceptors (Lipinski definition) is 8. The summed E-state index contributed by atoms with van der Waals surface area (Å²) in [6.45, 7) is 4.41. The van der Waals surface area contributed by atoms with Gasteiger partial charge in [0.15, 0.2) is 0 Å². The van der Waals surface area contributed by atoms with E-state index in [9.17, 15) is 4.79 Å². The van der Waals surface area contributed by atoms with Crippen LogP contribution in [0.1, 0.15) is 46.0 Å². The lowest BCUT2D eigenvalue weighted by molar-refractivity contribution is 0.244. The predicted molar refractivity (Wildman–Crippen MR) is 134 cm³/mol. The van der Waals surface area contributed by atoms with Gasteiger partial charge in [-0.15, -0.1) is 22.7 Å². The number of fused-ring (bicyclic) bond motifs is 6. The summed E-state index contributed by atoms with van der Waals surface area (Å²) in [6, 6.07) is 0. The monoisotopic (exact) mass is 478 g/mol. The van der Waals surface area contributed by atoms with E-state index >= 15 is 0 Å². The van der Waals surface area contributed by atoms with Gasteiger partial charge in [-0.2, -0.15) is 0 Å². The highest BCUT2D eigenvalue weighted by molar-refractivity contribution is 7.19. The molecule has 0 spiro atoms. The molecule has 0 saturated carbocycles. The summed E-state index contributed by atoms with van der Waals surface area (Å²) in [7, 11) is 0. The first-order valence-electron chi connectivity index (χ1n) is 12.0. The van der Waals surface area contributed by atoms with Gasteiger partial charge < -0.3 is 9.88 Å². The molecule has 170 valence electrons. The lowest BCUT2D eigenvalue weighted by atomic mass is 9.97. The Labute approximate surface area is 199 Å². The van der Waals surface area contributed by atoms with Crippen molar-refractivity contribution in [2.75, 3.05) is 31.1 Å². The minimum Gasteiger partial charge on any atom is -0.353 e. The van der Waals surface area contributed by atoms with Gasteiger partial charge in [0, 0.05) is 35.9 Å². The standard InChI is InChI=1S/C24H26N6OS2/c31-22-20-15-4-1-2-6-16(15)33-24(20)28-18(27-22)12-29-8-10-30(11-9-29)21-19-14-5-3-7-17(14)32-23(19)26-13-25-21/h13H,1-12H2,(H,27,28,31). The van der Waals surface area contributed by atoms with Crippen molar-refractivity contribution in [3.8, 4) is 0 Å². The van der Waals surface area contributed by atoms with Gasteiger partial charge in [0.2, 0.25) is 0 Å². The van der Waals surface area contributed by atoms with Crippen LogP contribution in [-0.2, 0) is 32.2 Å². The topological polar surface area (TPSA) is 78.0 Å². The Hall–Kier alpha value is -2.36. The van der Waals surface area contributed by atoms with Crippen molar-refractivity contribution in [1.29, 1.82) is 0 Å². The van der Waals surface area contributed by atoms with Crippen LogP contribution in [0.4, 0.5) is 5.82 Å². The molecule has 5 heterocycles. The van der Waals surface area contributed by atoms with E-state index < -0.39 is 0 Å². The highest BCUT2D eigenvalue weighted by atomic mass is 32.1. The number of thiophene rings is 2.